The molecule has 1 saturated heterocycles. The molecule has 1 unspecified atom stereocenters. The van der Waals surface area contributed by atoms with E-state index in [0.29, 0.717) is 0 Å². The zero-order chi connectivity index (χ0) is 13.1. The van der Waals surface area contributed by atoms with E-state index in [0.717, 1.165) is 18.3 Å². The molecule has 0 aromatic heterocycles. The Kier molecular flexibility index (Phi) is 4.28. The summed E-state index contributed by atoms with van der Waals surface area (Å²) in [4.78, 5) is 2.51. The largest absolute Gasteiger partial charge is 0.371 e. The molecule has 1 aromatic carbocycles. The van der Waals surface area contributed by atoms with Crippen LogP contribution in [0.4, 0.5) is 5.69 Å². The van der Waals surface area contributed by atoms with E-state index in [-0.39, 0.29) is 6.04 Å². The van der Waals surface area contributed by atoms with Gasteiger partial charge in [0.1, 0.15) is 0 Å². The Morgan fingerprint density at radius 3 is 2.44 bits per heavy atom. The summed E-state index contributed by atoms with van der Waals surface area (Å²) >= 11 is 0. The minimum atomic E-state index is 0.182. The molecule has 2 nitrogen and oxygen atoms in total. The monoisotopic (exact) mass is 246 g/mol. The standard InChI is InChI=1S/C16H26N2/c1-4-16(17)13-5-7-15(8-6-13)18-10-9-14(11-18)12(2)3/h5-8,12,14,16H,4,9-11,17H2,1-3H3/t14?,16-/m1/s1. The van der Waals surface area contributed by atoms with Crippen molar-refractivity contribution in [3.05, 3.63) is 29.8 Å². The van der Waals surface area contributed by atoms with Crippen LogP contribution in [0.1, 0.15) is 45.2 Å². The van der Waals surface area contributed by atoms with Gasteiger partial charge in [0.2, 0.25) is 0 Å². The fourth-order valence-corrected chi connectivity index (χ4v) is 2.73. The Morgan fingerprint density at radius 2 is 1.94 bits per heavy atom. The van der Waals surface area contributed by atoms with E-state index in [9.17, 15) is 0 Å². The average Bonchev–Trinajstić information content (AvgIpc) is 2.88. The van der Waals surface area contributed by atoms with Crippen LogP contribution in [0, 0.1) is 11.8 Å². The van der Waals surface area contributed by atoms with Crippen molar-refractivity contribution in [2.45, 2.75) is 39.7 Å². The van der Waals surface area contributed by atoms with Gasteiger partial charge >= 0.3 is 0 Å². The van der Waals surface area contributed by atoms with Crippen LogP contribution in [-0.4, -0.2) is 13.1 Å². The molecule has 2 heteroatoms. The maximum Gasteiger partial charge on any atom is 0.0366 e. The third-order valence-electron chi connectivity index (χ3n) is 4.29. The molecular weight excluding hydrogens is 220 g/mol. The topological polar surface area (TPSA) is 29.3 Å². The van der Waals surface area contributed by atoms with Gasteiger partial charge in [0.15, 0.2) is 0 Å². The maximum absolute atomic E-state index is 6.05. The summed E-state index contributed by atoms with van der Waals surface area (Å²) in [6.07, 6.45) is 2.33. The van der Waals surface area contributed by atoms with Crippen molar-refractivity contribution in [2.75, 3.05) is 18.0 Å². The highest BCUT2D eigenvalue weighted by Gasteiger charge is 2.24. The van der Waals surface area contributed by atoms with Crippen molar-refractivity contribution in [3.8, 4) is 0 Å². The molecule has 1 aromatic rings. The van der Waals surface area contributed by atoms with Crippen LogP contribution < -0.4 is 10.6 Å². The smallest absolute Gasteiger partial charge is 0.0366 e. The van der Waals surface area contributed by atoms with E-state index in [2.05, 4.69) is 49.9 Å². The zero-order valence-electron chi connectivity index (χ0n) is 11.9. The predicted molar refractivity (Wildman–Crippen MR) is 78.8 cm³/mol. The molecule has 18 heavy (non-hydrogen) atoms. The molecule has 0 spiro atoms. The molecule has 1 aliphatic heterocycles. The van der Waals surface area contributed by atoms with E-state index in [1.54, 1.807) is 0 Å². The number of nitrogens with two attached hydrogens (primary N) is 1. The van der Waals surface area contributed by atoms with Crippen molar-refractivity contribution in [1.29, 1.82) is 0 Å². The maximum atomic E-state index is 6.05. The third-order valence-corrected chi connectivity index (χ3v) is 4.29. The number of hydrogen-bond donors (Lipinski definition) is 1. The molecular formula is C16H26N2. The van der Waals surface area contributed by atoms with Gasteiger partial charge in [0, 0.05) is 24.8 Å². The molecule has 2 N–H and O–H groups in total. The fourth-order valence-electron chi connectivity index (χ4n) is 2.73. The highest BCUT2D eigenvalue weighted by Crippen LogP contribution is 2.29. The lowest BCUT2D eigenvalue weighted by Crippen LogP contribution is -2.21. The lowest BCUT2D eigenvalue weighted by Gasteiger charge is -2.21. The second kappa shape index (κ2) is 5.75. The Hall–Kier alpha value is -1.02. The van der Waals surface area contributed by atoms with Crippen LogP contribution in [0.15, 0.2) is 24.3 Å². The lowest BCUT2D eigenvalue weighted by molar-refractivity contribution is 0.423. The number of benzene rings is 1. The van der Waals surface area contributed by atoms with Crippen molar-refractivity contribution in [1.82, 2.24) is 0 Å². The normalized spacial score (nSPS) is 21.6. The van der Waals surface area contributed by atoms with Crippen molar-refractivity contribution < 1.29 is 0 Å². The van der Waals surface area contributed by atoms with Gasteiger partial charge in [-0.3, -0.25) is 0 Å². The Labute approximate surface area is 111 Å². The van der Waals surface area contributed by atoms with Gasteiger partial charge in [-0.15, -0.1) is 0 Å². The Bertz CT molecular complexity index is 369. The SMILES string of the molecule is CC[C@@H](N)c1ccc(N2CCC(C(C)C)C2)cc1. The average molecular weight is 246 g/mol. The molecule has 2 atom stereocenters. The second-order valence-electron chi connectivity index (χ2n) is 5.85. The van der Waals surface area contributed by atoms with Gasteiger partial charge in [0.25, 0.3) is 0 Å². The van der Waals surface area contributed by atoms with Crippen LogP contribution in [0.5, 0.6) is 0 Å². The molecule has 0 aliphatic carbocycles. The summed E-state index contributed by atoms with van der Waals surface area (Å²) in [6, 6.07) is 9.01. The summed E-state index contributed by atoms with van der Waals surface area (Å²) < 4.78 is 0. The lowest BCUT2D eigenvalue weighted by atomic mass is 9.95. The number of rotatable bonds is 4. The summed E-state index contributed by atoms with van der Waals surface area (Å²) in [5, 5.41) is 0. The van der Waals surface area contributed by atoms with E-state index in [4.69, 9.17) is 5.73 Å². The van der Waals surface area contributed by atoms with Crippen molar-refractivity contribution >= 4 is 5.69 Å². The van der Waals surface area contributed by atoms with Gasteiger partial charge in [-0.2, -0.15) is 0 Å². The minimum Gasteiger partial charge on any atom is -0.371 e. The third kappa shape index (κ3) is 2.86. The van der Waals surface area contributed by atoms with Crippen molar-refractivity contribution in [3.63, 3.8) is 0 Å². The van der Waals surface area contributed by atoms with Crippen LogP contribution >= 0.6 is 0 Å². The van der Waals surface area contributed by atoms with Crippen LogP contribution in [-0.2, 0) is 0 Å². The number of anilines is 1. The summed E-state index contributed by atoms with van der Waals surface area (Å²) in [7, 11) is 0. The first-order valence-corrected chi connectivity index (χ1v) is 7.22. The van der Waals surface area contributed by atoms with Crippen molar-refractivity contribution in [2.24, 2.45) is 17.6 Å². The zero-order valence-corrected chi connectivity index (χ0v) is 11.9. The van der Waals surface area contributed by atoms with E-state index in [1.165, 1.54) is 30.8 Å². The van der Waals surface area contributed by atoms with Gasteiger partial charge < -0.3 is 10.6 Å². The van der Waals surface area contributed by atoms with Crippen LogP contribution in [0.2, 0.25) is 0 Å². The quantitative estimate of drug-likeness (QED) is 0.880. The number of nitrogens with zero attached hydrogens (tertiary/aromatic N) is 1. The van der Waals surface area contributed by atoms with Crippen LogP contribution in [0.3, 0.4) is 0 Å². The first kappa shape index (κ1) is 13.4. The van der Waals surface area contributed by atoms with Gasteiger partial charge in [-0.05, 0) is 42.4 Å². The summed E-state index contributed by atoms with van der Waals surface area (Å²) in [6.45, 7) is 9.19. The Balaban J connectivity index is 2.02. The highest BCUT2D eigenvalue weighted by molar-refractivity contribution is 5.49. The predicted octanol–water partition coefficient (Wildman–Crippen LogP) is 3.58. The molecule has 0 saturated carbocycles. The number of hydrogen-bond acceptors (Lipinski definition) is 2. The highest BCUT2D eigenvalue weighted by atomic mass is 15.1. The first-order valence-electron chi connectivity index (χ1n) is 7.22. The first-order chi connectivity index (χ1) is 8.61. The van der Waals surface area contributed by atoms with Gasteiger partial charge in [-0.1, -0.05) is 32.9 Å². The fraction of sp³-hybridized carbons (Fsp3) is 0.625. The molecule has 2 rings (SSSR count). The molecule has 0 amide bonds. The summed E-state index contributed by atoms with van der Waals surface area (Å²) in [5.41, 5.74) is 8.65. The van der Waals surface area contributed by atoms with E-state index >= 15 is 0 Å². The summed E-state index contributed by atoms with van der Waals surface area (Å²) in [5.74, 6) is 1.64. The van der Waals surface area contributed by atoms with Crippen LogP contribution in [0.25, 0.3) is 0 Å². The van der Waals surface area contributed by atoms with E-state index in [1.807, 2.05) is 0 Å². The molecule has 100 valence electrons. The minimum absolute atomic E-state index is 0.182. The molecule has 0 radical (unpaired) electrons. The van der Waals surface area contributed by atoms with Gasteiger partial charge in [-0.25, -0.2) is 0 Å². The molecule has 1 fully saturated rings. The van der Waals surface area contributed by atoms with E-state index < -0.39 is 0 Å². The second-order valence-corrected chi connectivity index (χ2v) is 5.85. The molecule has 0 bridgehead atoms. The van der Waals surface area contributed by atoms with Gasteiger partial charge in [0.05, 0.1) is 0 Å². The molecule has 1 aliphatic rings. The molecule has 1 heterocycles. The Morgan fingerprint density at radius 1 is 1.28 bits per heavy atom.